The average Bonchev–Trinajstić information content (AvgIpc) is 3.53. The topological polar surface area (TPSA) is 73.0 Å². The summed E-state index contributed by atoms with van der Waals surface area (Å²) in [6.45, 7) is 11.9. The predicted molar refractivity (Wildman–Crippen MR) is 161 cm³/mol. The Morgan fingerprint density at radius 3 is 2.65 bits per heavy atom. The van der Waals surface area contributed by atoms with E-state index in [9.17, 15) is 13.2 Å². The minimum absolute atomic E-state index is 0.0972. The molecule has 2 saturated heterocycles. The number of H-pyrrole nitrogens is 1. The summed E-state index contributed by atoms with van der Waals surface area (Å²) in [5.74, 6) is -2.37. The van der Waals surface area contributed by atoms with Gasteiger partial charge in [-0.15, -0.1) is 0 Å². The van der Waals surface area contributed by atoms with Gasteiger partial charge < -0.3 is 24.3 Å². The van der Waals surface area contributed by atoms with Crippen LogP contribution in [-0.2, 0) is 17.7 Å². The van der Waals surface area contributed by atoms with E-state index in [1.54, 1.807) is 11.9 Å². The molecular formula is C31H40F3N7O2. The van der Waals surface area contributed by atoms with Crippen molar-refractivity contribution >= 4 is 22.4 Å². The maximum absolute atomic E-state index is 14.0. The van der Waals surface area contributed by atoms with E-state index in [2.05, 4.69) is 52.2 Å². The van der Waals surface area contributed by atoms with Crippen molar-refractivity contribution in [1.82, 2.24) is 24.8 Å². The number of anilines is 2. The van der Waals surface area contributed by atoms with E-state index < -0.39 is 17.8 Å². The number of piperazine rings is 1. The molecule has 3 aliphatic rings. The Hall–Kier alpha value is -3.35. The summed E-state index contributed by atoms with van der Waals surface area (Å²) in [4.78, 5) is 21.5. The van der Waals surface area contributed by atoms with Gasteiger partial charge in [0.05, 0.1) is 32.1 Å². The molecule has 1 aromatic carbocycles. The molecule has 0 radical (unpaired) electrons. The van der Waals surface area contributed by atoms with Crippen LogP contribution in [-0.4, -0.2) is 103 Å². The summed E-state index contributed by atoms with van der Waals surface area (Å²) in [6, 6.07) is 4.11. The molecule has 9 nitrogen and oxygen atoms in total. The van der Waals surface area contributed by atoms with Crippen molar-refractivity contribution in [2.45, 2.75) is 45.2 Å². The molecule has 1 N–H and O–H groups in total. The highest BCUT2D eigenvalue weighted by Gasteiger charge is 2.43. The lowest BCUT2D eigenvalue weighted by Crippen LogP contribution is -2.48. The van der Waals surface area contributed by atoms with Crippen LogP contribution in [0.25, 0.3) is 10.9 Å². The van der Waals surface area contributed by atoms with Gasteiger partial charge in [-0.2, -0.15) is 9.97 Å². The molecule has 1 atom stereocenters. The van der Waals surface area contributed by atoms with Crippen LogP contribution < -0.4 is 14.5 Å². The van der Waals surface area contributed by atoms with Gasteiger partial charge in [-0.1, -0.05) is 6.58 Å². The molecule has 12 heteroatoms. The van der Waals surface area contributed by atoms with E-state index in [0.29, 0.717) is 26.4 Å². The third-order valence-electron chi connectivity index (χ3n) is 8.93. The van der Waals surface area contributed by atoms with Crippen molar-refractivity contribution in [3.8, 4) is 6.01 Å². The number of likely N-dealkylation sites (N-methyl/N-ethyl adjacent to an activating group) is 1. The van der Waals surface area contributed by atoms with Crippen LogP contribution in [0, 0.1) is 13.8 Å². The Kier molecular flexibility index (Phi) is 8.27. The van der Waals surface area contributed by atoms with Crippen molar-refractivity contribution in [2.75, 3.05) is 76.1 Å². The lowest BCUT2D eigenvalue weighted by molar-refractivity contribution is 0.0136. The lowest BCUT2D eigenvalue weighted by Gasteiger charge is -2.38. The third-order valence-corrected chi connectivity index (χ3v) is 8.93. The number of rotatable bonds is 9. The predicted octanol–water partition coefficient (Wildman–Crippen LogP) is 4.43. The van der Waals surface area contributed by atoms with E-state index in [1.807, 2.05) is 6.20 Å². The minimum atomic E-state index is -2.72. The Morgan fingerprint density at radius 2 is 1.93 bits per heavy atom. The first kappa shape index (κ1) is 29.7. The van der Waals surface area contributed by atoms with Crippen molar-refractivity contribution in [3.63, 3.8) is 0 Å². The Bertz CT molecular complexity index is 1490. The van der Waals surface area contributed by atoms with Crippen LogP contribution in [0.4, 0.5) is 24.7 Å². The van der Waals surface area contributed by atoms with Gasteiger partial charge >= 0.3 is 6.01 Å². The molecule has 43 heavy (non-hydrogen) atoms. The second kappa shape index (κ2) is 12.0. The van der Waals surface area contributed by atoms with Crippen LogP contribution in [0.2, 0.25) is 0 Å². The van der Waals surface area contributed by atoms with E-state index in [4.69, 9.17) is 19.4 Å². The summed E-state index contributed by atoms with van der Waals surface area (Å²) < 4.78 is 52.5. The van der Waals surface area contributed by atoms with Crippen LogP contribution in [0.5, 0.6) is 6.01 Å². The summed E-state index contributed by atoms with van der Waals surface area (Å²) in [5, 5.41) is 1.18. The van der Waals surface area contributed by atoms with Crippen LogP contribution in [0.1, 0.15) is 28.8 Å². The summed E-state index contributed by atoms with van der Waals surface area (Å²) in [7, 11) is 1.70. The molecule has 2 fully saturated rings. The maximum atomic E-state index is 14.0. The second-order valence-electron chi connectivity index (χ2n) is 12.1. The van der Waals surface area contributed by atoms with Crippen molar-refractivity contribution in [3.05, 3.63) is 53.1 Å². The first-order chi connectivity index (χ1) is 20.6. The number of likely N-dealkylation sites (tertiary alicyclic amines) is 1. The fourth-order valence-electron chi connectivity index (χ4n) is 6.53. The second-order valence-corrected chi connectivity index (χ2v) is 12.1. The summed E-state index contributed by atoms with van der Waals surface area (Å²) >= 11 is 0. The smallest absolute Gasteiger partial charge is 0.318 e. The molecular weight excluding hydrogens is 559 g/mol. The number of halogens is 3. The fraction of sp³-hybridized carbons (Fsp3) is 0.548. The molecule has 0 aliphatic carbocycles. The van der Waals surface area contributed by atoms with Gasteiger partial charge in [0, 0.05) is 73.5 Å². The number of hydrogen-bond donors (Lipinski definition) is 1. The number of nitrogens with zero attached hydrogens (tertiary/aromatic N) is 6. The molecule has 3 aromatic rings. The molecule has 0 amide bonds. The van der Waals surface area contributed by atoms with E-state index in [-0.39, 0.29) is 32.2 Å². The number of fused-ring (bicyclic) bond motifs is 2. The molecule has 0 unspecified atom stereocenters. The van der Waals surface area contributed by atoms with Gasteiger partial charge in [0.15, 0.2) is 0 Å². The van der Waals surface area contributed by atoms with Crippen LogP contribution >= 0.6 is 0 Å². The number of aryl methyl sites for hydroxylation is 1. The van der Waals surface area contributed by atoms with E-state index in [0.717, 1.165) is 48.6 Å². The highest BCUT2D eigenvalue weighted by Crippen LogP contribution is 2.38. The first-order valence-corrected chi connectivity index (χ1v) is 14.9. The normalized spacial score (nSPS) is 21.0. The van der Waals surface area contributed by atoms with E-state index >= 15 is 0 Å². The number of ether oxygens (including phenoxy) is 2. The number of alkyl halides is 2. The molecule has 232 valence electrons. The minimum Gasteiger partial charge on any atom is -0.462 e. The average molecular weight is 600 g/mol. The number of nitrogens with one attached hydrogen (secondary N) is 1. The number of hydrogen-bond acceptors (Lipinski definition) is 8. The Morgan fingerprint density at radius 1 is 1.14 bits per heavy atom. The van der Waals surface area contributed by atoms with Crippen molar-refractivity contribution < 1.29 is 22.6 Å². The SMILES string of the molecule is C=C(F)COCN1CCN(c2nc(OC[C@@H]3CC(F)(F)CN3C)nc3c2CCN(c2c(C)c(C)cc4[nH]ccc24)C3)CC1. The summed E-state index contributed by atoms with van der Waals surface area (Å²) in [6.07, 6.45) is 2.50. The van der Waals surface area contributed by atoms with Gasteiger partial charge in [0.25, 0.3) is 5.92 Å². The Labute approximate surface area is 250 Å². The monoisotopic (exact) mass is 599 g/mol. The standard InChI is InChI=1S/C31H40F3N7O2/c1-20-13-26-24(5-7-35-26)28(22(20)3)41-8-6-25-27(15-41)36-30(43-17-23-14-31(33,34)18-38(23)4)37-29(25)40-11-9-39(10-12-40)19-42-16-21(2)32/h5,7,13,23,35H,2,6,8-12,14-19H2,1,3-4H3/t23-/m0/s1. The van der Waals surface area contributed by atoms with Gasteiger partial charge in [-0.3, -0.25) is 9.80 Å². The molecule has 0 saturated carbocycles. The van der Waals surface area contributed by atoms with Gasteiger partial charge in [-0.05, 0) is 50.6 Å². The number of aromatic amines is 1. The lowest BCUT2D eigenvalue weighted by atomic mass is 9.99. The van der Waals surface area contributed by atoms with Gasteiger partial charge in [0.2, 0.25) is 0 Å². The Balaban J connectivity index is 1.26. The number of benzene rings is 1. The largest absolute Gasteiger partial charge is 0.462 e. The molecule has 6 rings (SSSR count). The highest BCUT2D eigenvalue weighted by molar-refractivity contribution is 5.95. The zero-order chi connectivity index (χ0) is 30.3. The van der Waals surface area contributed by atoms with Gasteiger partial charge in [0.1, 0.15) is 18.3 Å². The van der Waals surface area contributed by atoms with E-state index in [1.165, 1.54) is 22.2 Å². The molecule has 0 bridgehead atoms. The molecule has 5 heterocycles. The summed E-state index contributed by atoms with van der Waals surface area (Å²) in [5.41, 5.74) is 6.75. The maximum Gasteiger partial charge on any atom is 0.318 e. The number of aromatic nitrogens is 3. The van der Waals surface area contributed by atoms with Crippen LogP contribution in [0.15, 0.2) is 30.7 Å². The quantitative estimate of drug-likeness (QED) is 0.388. The zero-order valence-electron chi connectivity index (χ0n) is 25.1. The molecule has 0 spiro atoms. The van der Waals surface area contributed by atoms with Gasteiger partial charge in [-0.25, -0.2) is 13.2 Å². The molecule has 3 aliphatic heterocycles. The fourth-order valence-corrected chi connectivity index (χ4v) is 6.53. The highest BCUT2D eigenvalue weighted by atomic mass is 19.3. The van der Waals surface area contributed by atoms with Crippen molar-refractivity contribution in [1.29, 1.82) is 0 Å². The third kappa shape index (κ3) is 6.32. The zero-order valence-corrected chi connectivity index (χ0v) is 25.1. The van der Waals surface area contributed by atoms with Crippen LogP contribution in [0.3, 0.4) is 0 Å². The molecule has 2 aromatic heterocycles. The van der Waals surface area contributed by atoms with Crippen molar-refractivity contribution in [2.24, 2.45) is 0 Å². The first-order valence-electron chi connectivity index (χ1n) is 14.9.